The lowest BCUT2D eigenvalue weighted by Gasteiger charge is -2.17. The Labute approximate surface area is 155 Å². The van der Waals surface area contributed by atoms with E-state index in [1.165, 1.54) is 0 Å². The number of carbonyl (C=O) groups excluding carboxylic acids is 1. The van der Waals surface area contributed by atoms with Crippen molar-refractivity contribution in [1.82, 2.24) is 4.72 Å². The standard InChI is InChI=1S/C18H18F2N2O4S/c1-26-15-5-3-14(4-6-15)22-11-12(8-18(22)23)10-21-27(24,25)17-9-13(19)2-7-16(17)20/h2-7,9,12,21H,8,10-11H2,1H3/t12-/m1/s1. The third-order valence-corrected chi connectivity index (χ3v) is 5.77. The second kappa shape index (κ2) is 7.61. The van der Waals surface area contributed by atoms with E-state index in [1.807, 2.05) is 0 Å². The van der Waals surface area contributed by atoms with Crippen LogP contribution >= 0.6 is 0 Å². The number of rotatable bonds is 6. The molecule has 27 heavy (non-hydrogen) atoms. The molecule has 1 amide bonds. The Morgan fingerprint density at radius 3 is 2.56 bits per heavy atom. The van der Waals surface area contributed by atoms with E-state index in [-0.39, 0.29) is 24.8 Å². The number of carbonyl (C=O) groups is 1. The van der Waals surface area contributed by atoms with Crippen LogP contribution in [-0.2, 0) is 14.8 Å². The summed E-state index contributed by atoms with van der Waals surface area (Å²) in [5, 5.41) is 0. The van der Waals surface area contributed by atoms with Gasteiger partial charge in [-0.15, -0.1) is 0 Å². The summed E-state index contributed by atoms with van der Waals surface area (Å²) in [5.41, 5.74) is 0.683. The molecule has 6 nitrogen and oxygen atoms in total. The van der Waals surface area contributed by atoms with Gasteiger partial charge in [-0.25, -0.2) is 21.9 Å². The van der Waals surface area contributed by atoms with Gasteiger partial charge in [-0.1, -0.05) is 0 Å². The van der Waals surface area contributed by atoms with Gasteiger partial charge in [0.2, 0.25) is 15.9 Å². The molecule has 0 bridgehead atoms. The number of amides is 1. The topological polar surface area (TPSA) is 75.7 Å². The Hall–Kier alpha value is -2.52. The summed E-state index contributed by atoms with van der Waals surface area (Å²) >= 11 is 0. The molecule has 1 atom stereocenters. The SMILES string of the molecule is COc1ccc(N2C[C@@H](CNS(=O)(=O)c3cc(F)ccc3F)CC2=O)cc1. The van der Waals surface area contributed by atoms with Crippen molar-refractivity contribution in [3.8, 4) is 5.75 Å². The summed E-state index contributed by atoms with van der Waals surface area (Å²) < 4.78 is 58.8. The molecule has 1 saturated heterocycles. The van der Waals surface area contributed by atoms with Crippen molar-refractivity contribution in [3.05, 3.63) is 54.1 Å². The Morgan fingerprint density at radius 1 is 1.19 bits per heavy atom. The van der Waals surface area contributed by atoms with Crippen molar-refractivity contribution in [2.45, 2.75) is 11.3 Å². The molecular formula is C18H18F2N2O4S. The largest absolute Gasteiger partial charge is 0.497 e. The van der Waals surface area contributed by atoms with Crippen LogP contribution in [0.4, 0.5) is 14.5 Å². The zero-order valence-electron chi connectivity index (χ0n) is 14.5. The molecule has 0 saturated carbocycles. The van der Waals surface area contributed by atoms with Gasteiger partial charge in [0.15, 0.2) is 0 Å². The van der Waals surface area contributed by atoms with Gasteiger partial charge in [-0.2, -0.15) is 0 Å². The molecule has 1 N–H and O–H groups in total. The predicted molar refractivity (Wildman–Crippen MR) is 95.0 cm³/mol. The van der Waals surface area contributed by atoms with Gasteiger partial charge in [0.25, 0.3) is 0 Å². The smallest absolute Gasteiger partial charge is 0.243 e. The maximum absolute atomic E-state index is 13.7. The van der Waals surface area contributed by atoms with Gasteiger partial charge < -0.3 is 9.64 Å². The molecule has 1 fully saturated rings. The number of methoxy groups -OCH3 is 1. The first-order valence-corrected chi connectivity index (χ1v) is 9.67. The molecule has 1 aliphatic rings. The third-order valence-electron chi connectivity index (χ3n) is 4.33. The average Bonchev–Trinajstić information content (AvgIpc) is 3.03. The molecule has 0 radical (unpaired) electrons. The van der Waals surface area contributed by atoms with Crippen LogP contribution in [0, 0.1) is 17.6 Å². The fourth-order valence-electron chi connectivity index (χ4n) is 2.92. The van der Waals surface area contributed by atoms with E-state index in [9.17, 15) is 22.0 Å². The van der Waals surface area contributed by atoms with Crippen LogP contribution < -0.4 is 14.4 Å². The summed E-state index contributed by atoms with van der Waals surface area (Å²) in [7, 11) is -2.68. The number of hydrogen-bond donors (Lipinski definition) is 1. The molecular weight excluding hydrogens is 378 g/mol. The van der Waals surface area contributed by atoms with Crippen molar-refractivity contribution < 1.29 is 26.7 Å². The number of benzene rings is 2. The van der Waals surface area contributed by atoms with Crippen LogP contribution in [-0.4, -0.2) is 34.5 Å². The van der Waals surface area contributed by atoms with Crippen LogP contribution in [0.3, 0.4) is 0 Å². The minimum absolute atomic E-state index is 0.0588. The fraction of sp³-hybridized carbons (Fsp3) is 0.278. The summed E-state index contributed by atoms with van der Waals surface area (Å²) in [6.07, 6.45) is 0.153. The maximum Gasteiger partial charge on any atom is 0.243 e. The van der Waals surface area contributed by atoms with Crippen molar-refractivity contribution in [2.24, 2.45) is 5.92 Å². The highest BCUT2D eigenvalue weighted by Crippen LogP contribution is 2.27. The zero-order chi connectivity index (χ0) is 19.6. The molecule has 9 heteroatoms. The van der Waals surface area contributed by atoms with E-state index in [0.29, 0.717) is 24.0 Å². The van der Waals surface area contributed by atoms with E-state index in [1.54, 1.807) is 36.3 Å². The summed E-state index contributed by atoms with van der Waals surface area (Å²) in [5.74, 6) is -1.65. The van der Waals surface area contributed by atoms with Crippen molar-refractivity contribution >= 4 is 21.6 Å². The van der Waals surface area contributed by atoms with Crippen molar-refractivity contribution in [1.29, 1.82) is 0 Å². The molecule has 1 heterocycles. The lowest BCUT2D eigenvalue weighted by atomic mass is 10.1. The van der Waals surface area contributed by atoms with Crippen LogP contribution in [0.25, 0.3) is 0 Å². The third kappa shape index (κ3) is 4.25. The molecule has 0 aliphatic carbocycles. The molecule has 3 rings (SSSR count). The second-order valence-corrected chi connectivity index (χ2v) is 7.93. The first kappa shape index (κ1) is 19.2. The molecule has 2 aromatic carbocycles. The molecule has 0 aromatic heterocycles. The van der Waals surface area contributed by atoms with Gasteiger partial charge >= 0.3 is 0 Å². The number of anilines is 1. The minimum atomic E-state index is -4.22. The number of sulfonamides is 1. The summed E-state index contributed by atoms with van der Waals surface area (Å²) in [6, 6.07) is 9.17. The number of ether oxygens (including phenoxy) is 1. The van der Waals surface area contributed by atoms with Crippen molar-refractivity contribution in [2.75, 3.05) is 25.1 Å². The normalized spacial score (nSPS) is 17.4. The Bertz CT molecular complexity index is 948. The fourth-order valence-corrected chi connectivity index (χ4v) is 4.12. The van der Waals surface area contributed by atoms with Crippen LogP contribution in [0.2, 0.25) is 0 Å². The van der Waals surface area contributed by atoms with E-state index < -0.39 is 26.6 Å². The molecule has 144 valence electrons. The first-order chi connectivity index (χ1) is 12.8. The summed E-state index contributed by atoms with van der Waals surface area (Å²) in [4.78, 5) is 13.0. The number of nitrogens with one attached hydrogen (secondary N) is 1. The lowest BCUT2D eigenvalue weighted by Crippen LogP contribution is -2.31. The molecule has 1 aliphatic heterocycles. The van der Waals surface area contributed by atoms with Crippen molar-refractivity contribution in [3.63, 3.8) is 0 Å². The van der Waals surface area contributed by atoms with E-state index in [0.717, 1.165) is 12.1 Å². The number of hydrogen-bond acceptors (Lipinski definition) is 4. The molecule has 0 unspecified atom stereocenters. The second-order valence-electron chi connectivity index (χ2n) is 6.20. The van der Waals surface area contributed by atoms with E-state index >= 15 is 0 Å². The van der Waals surface area contributed by atoms with Gasteiger partial charge in [-0.3, -0.25) is 4.79 Å². The van der Waals surface area contributed by atoms with Gasteiger partial charge in [0.05, 0.1) is 7.11 Å². The van der Waals surface area contributed by atoms with Crippen LogP contribution in [0.15, 0.2) is 47.4 Å². The Balaban J connectivity index is 1.66. The average molecular weight is 396 g/mol. The van der Waals surface area contributed by atoms with Gasteiger partial charge in [0.1, 0.15) is 22.3 Å². The zero-order valence-corrected chi connectivity index (χ0v) is 15.3. The quantitative estimate of drug-likeness (QED) is 0.813. The number of nitrogens with zero attached hydrogens (tertiary/aromatic N) is 1. The van der Waals surface area contributed by atoms with E-state index in [4.69, 9.17) is 4.74 Å². The Kier molecular flexibility index (Phi) is 5.43. The highest BCUT2D eigenvalue weighted by Gasteiger charge is 2.32. The van der Waals surface area contributed by atoms with E-state index in [2.05, 4.69) is 4.72 Å². The monoisotopic (exact) mass is 396 g/mol. The number of halogens is 2. The lowest BCUT2D eigenvalue weighted by molar-refractivity contribution is -0.117. The highest BCUT2D eigenvalue weighted by atomic mass is 32.2. The van der Waals surface area contributed by atoms with Gasteiger partial charge in [-0.05, 0) is 48.4 Å². The first-order valence-electron chi connectivity index (χ1n) is 8.19. The van der Waals surface area contributed by atoms with Crippen LogP contribution in [0.1, 0.15) is 6.42 Å². The maximum atomic E-state index is 13.7. The van der Waals surface area contributed by atoms with Gasteiger partial charge in [0, 0.05) is 25.2 Å². The Morgan fingerprint density at radius 2 is 1.89 bits per heavy atom. The molecule has 0 spiro atoms. The highest BCUT2D eigenvalue weighted by molar-refractivity contribution is 7.89. The summed E-state index contributed by atoms with van der Waals surface area (Å²) in [6.45, 7) is 0.260. The molecule has 2 aromatic rings. The minimum Gasteiger partial charge on any atom is -0.497 e. The predicted octanol–water partition coefficient (Wildman–Crippen LogP) is 2.30. The van der Waals surface area contributed by atoms with Crippen LogP contribution in [0.5, 0.6) is 5.75 Å².